The third kappa shape index (κ3) is 3.38. The first-order valence-corrected chi connectivity index (χ1v) is 8.66. The van der Waals surface area contributed by atoms with Crippen LogP contribution in [-0.4, -0.2) is 58.3 Å². The molecule has 0 saturated carbocycles. The number of benzene rings is 1. The summed E-state index contributed by atoms with van der Waals surface area (Å²) in [6, 6.07) is 8.16. The number of piperazine rings is 1. The van der Waals surface area contributed by atoms with Crippen molar-refractivity contribution in [2.24, 2.45) is 0 Å². The van der Waals surface area contributed by atoms with Gasteiger partial charge in [-0.2, -0.15) is 10.1 Å². The molecule has 8 heteroatoms. The molecule has 2 aromatic heterocycles. The van der Waals surface area contributed by atoms with Gasteiger partial charge in [0, 0.05) is 49.0 Å². The number of hydrogen-bond donors (Lipinski definition) is 2. The van der Waals surface area contributed by atoms with Crippen molar-refractivity contribution in [3.8, 4) is 0 Å². The van der Waals surface area contributed by atoms with E-state index in [1.807, 2.05) is 19.1 Å². The number of nitrogens with zero attached hydrogens (tertiary/aromatic N) is 5. The first-order valence-electron chi connectivity index (χ1n) is 8.28. The fourth-order valence-corrected chi connectivity index (χ4v) is 3.23. The number of hydrogen-bond acceptors (Lipinski definition) is 6. The number of anilines is 3. The molecule has 7 nitrogen and oxygen atoms in total. The maximum atomic E-state index is 6.14. The van der Waals surface area contributed by atoms with Gasteiger partial charge in [-0.25, -0.2) is 4.98 Å². The molecule has 1 aliphatic heterocycles. The van der Waals surface area contributed by atoms with Crippen LogP contribution < -0.4 is 10.2 Å². The van der Waals surface area contributed by atoms with Gasteiger partial charge in [0.15, 0.2) is 5.82 Å². The molecule has 4 rings (SSSR count). The highest BCUT2D eigenvalue weighted by atomic mass is 35.5. The number of H-pyrrole nitrogens is 1. The minimum atomic E-state index is 0.220. The van der Waals surface area contributed by atoms with Gasteiger partial charge in [-0.3, -0.25) is 5.10 Å². The van der Waals surface area contributed by atoms with Crippen LogP contribution in [0.3, 0.4) is 0 Å². The molecule has 0 unspecified atom stereocenters. The van der Waals surface area contributed by atoms with Crippen LogP contribution in [0.25, 0.3) is 10.9 Å². The largest absolute Gasteiger partial charge is 0.369 e. The lowest BCUT2D eigenvalue weighted by molar-refractivity contribution is 0.313. The van der Waals surface area contributed by atoms with Crippen molar-refractivity contribution in [3.05, 3.63) is 35.2 Å². The number of likely N-dealkylation sites (N-methyl/N-ethyl adjacent to an activating group) is 1. The van der Waals surface area contributed by atoms with Crippen molar-refractivity contribution >= 4 is 39.8 Å². The van der Waals surface area contributed by atoms with Gasteiger partial charge in [-0.15, -0.1) is 0 Å². The van der Waals surface area contributed by atoms with E-state index in [0.717, 1.165) is 48.5 Å². The topological polar surface area (TPSA) is 73.0 Å². The van der Waals surface area contributed by atoms with Crippen molar-refractivity contribution in [2.45, 2.75) is 6.92 Å². The summed E-state index contributed by atoms with van der Waals surface area (Å²) in [6.45, 7) is 6.10. The smallest absolute Gasteiger partial charge is 0.224 e. The van der Waals surface area contributed by atoms with Crippen LogP contribution in [0.4, 0.5) is 17.3 Å². The lowest BCUT2D eigenvalue weighted by Gasteiger charge is -2.34. The van der Waals surface area contributed by atoms with E-state index in [9.17, 15) is 0 Å². The van der Waals surface area contributed by atoms with Crippen LogP contribution in [-0.2, 0) is 0 Å². The third-order valence-electron chi connectivity index (χ3n) is 4.47. The summed E-state index contributed by atoms with van der Waals surface area (Å²) in [5.74, 6) is 1.36. The first kappa shape index (κ1) is 16.1. The molecule has 2 N–H and O–H groups in total. The van der Waals surface area contributed by atoms with Crippen molar-refractivity contribution in [2.75, 3.05) is 43.4 Å². The number of fused-ring (bicyclic) bond motifs is 1. The highest BCUT2D eigenvalue weighted by molar-refractivity contribution is 6.28. The molecule has 25 heavy (non-hydrogen) atoms. The van der Waals surface area contributed by atoms with Gasteiger partial charge in [0.05, 0.1) is 5.52 Å². The summed E-state index contributed by atoms with van der Waals surface area (Å²) >= 11 is 6.14. The Kier molecular flexibility index (Phi) is 4.19. The third-order valence-corrected chi connectivity index (χ3v) is 4.64. The van der Waals surface area contributed by atoms with E-state index in [2.05, 4.69) is 54.5 Å². The van der Waals surface area contributed by atoms with Crippen LogP contribution >= 0.6 is 11.6 Å². The average Bonchev–Trinajstić information content (AvgIpc) is 3.00. The van der Waals surface area contributed by atoms with E-state index < -0.39 is 0 Å². The number of nitrogens with one attached hydrogen (secondary N) is 2. The molecule has 1 fully saturated rings. The Morgan fingerprint density at radius 2 is 1.92 bits per heavy atom. The maximum Gasteiger partial charge on any atom is 0.224 e. The molecule has 3 aromatic rings. The molecular weight excluding hydrogens is 338 g/mol. The van der Waals surface area contributed by atoms with Crippen LogP contribution in [0.5, 0.6) is 0 Å². The summed E-state index contributed by atoms with van der Waals surface area (Å²) in [5.41, 5.74) is 2.97. The number of aromatic amines is 1. The van der Waals surface area contributed by atoms with Crippen LogP contribution in [0.15, 0.2) is 24.3 Å². The van der Waals surface area contributed by atoms with E-state index in [0.29, 0.717) is 11.6 Å². The SMILES string of the molecule is Cc1cc(Nc2nc(Cl)nc3cc(N4CCN(C)CC4)ccc23)n[nH]1. The number of aromatic nitrogens is 4. The quantitative estimate of drug-likeness (QED) is 0.702. The second kappa shape index (κ2) is 6.50. The standard InChI is InChI=1S/C17H20ClN7/c1-11-9-15(23-22-11)20-16-13-4-3-12(10-14(13)19-17(18)21-16)25-7-5-24(2)6-8-25/h3-4,9-10H,5-8H2,1-2H3,(H2,19,20,21,22,23). The van der Waals surface area contributed by atoms with Crippen LogP contribution in [0, 0.1) is 6.92 Å². The normalized spacial score (nSPS) is 15.7. The van der Waals surface area contributed by atoms with Gasteiger partial charge in [0.1, 0.15) is 5.82 Å². The molecule has 1 aromatic carbocycles. The molecule has 0 bridgehead atoms. The highest BCUT2D eigenvalue weighted by Gasteiger charge is 2.16. The highest BCUT2D eigenvalue weighted by Crippen LogP contribution is 2.28. The fraction of sp³-hybridized carbons (Fsp3) is 0.353. The van der Waals surface area contributed by atoms with Crippen LogP contribution in [0.2, 0.25) is 5.28 Å². The lowest BCUT2D eigenvalue weighted by atomic mass is 10.2. The van der Waals surface area contributed by atoms with Crippen molar-refractivity contribution in [3.63, 3.8) is 0 Å². The predicted molar refractivity (Wildman–Crippen MR) is 101 cm³/mol. The van der Waals surface area contributed by atoms with Crippen molar-refractivity contribution in [1.29, 1.82) is 0 Å². The number of rotatable bonds is 3. The van der Waals surface area contributed by atoms with Crippen molar-refractivity contribution in [1.82, 2.24) is 25.1 Å². The van der Waals surface area contributed by atoms with Crippen molar-refractivity contribution < 1.29 is 0 Å². The summed E-state index contributed by atoms with van der Waals surface area (Å²) in [4.78, 5) is 13.4. The van der Waals surface area contributed by atoms with Gasteiger partial charge in [-0.05, 0) is 43.8 Å². The molecule has 0 aliphatic carbocycles. The van der Waals surface area contributed by atoms with Gasteiger partial charge < -0.3 is 15.1 Å². The van der Waals surface area contributed by atoms with Gasteiger partial charge in [0.25, 0.3) is 0 Å². The van der Waals surface area contributed by atoms with Gasteiger partial charge >= 0.3 is 0 Å². The summed E-state index contributed by atoms with van der Waals surface area (Å²) in [7, 11) is 2.15. The summed E-state index contributed by atoms with van der Waals surface area (Å²) in [6.07, 6.45) is 0. The Morgan fingerprint density at radius 3 is 2.64 bits per heavy atom. The molecule has 0 amide bonds. The van der Waals surface area contributed by atoms with E-state index in [1.54, 1.807) is 0 Å². The minimum absolute atomic E-state index is 0.220. The second-order valence-electron chi connectivity index (χ2n) is 6.39. The number of aryl methyl sites for hydroxylation is 1. The molecule has 0 radical (unpaired) electrons. The summed E-state index contributed by atoms with van der Waals surface area (Å²) in [5, 5.41) is 11.5. The Bertz CT molecular complexity index is 899. The molecule has 1 saturated heterocycles. The summed E-state index contributed by atoms with van der Waals surface area (Å²) < 4.78 is 0. The molecule has 0 atom stereocenters. The maximum absolute atomic E-state index is 6.14. The van der Waals surface area contributed by atoms with E-state index >= 15 is 0 Å². The van der Waals surface area contributed by atoms with Gasteiger partial charge in [0.2, 0.25) is 5.28 Å². The van der Waals surface area contributed by atoms with E-state index in [-0.39, 0.29) is 5.28 Å². The zero-order valence-corrected chi connectivity index (χ0v) is 15.0. The Labute approximate surface area is 151 Å². The average molecular weight is 358 g/mol. The number of halogens is 1. The lowest BCUT2D eigenvalue weighted by Crippen LogP contribution is -2.44. The van der Waals surface area contributed by atoms with E-state index in [1.165, 1.54) is 0 Å². The van der Waals surface area contributed by atoms with Crippen LogP contribution in [0.1, 0.15) is 5.69 Å². The zero-order chi connectivity index (χ0) is 17.4. The fourth-order valence-electron chi connectivity index (χ4n) is 3.05. The Hall–Kier alpha value is -2.38. The molecule has 1 aliphatic rings. The van der Waals surface area contributed by atoms with Gasteiger partial charge in [-0.1, -0.05) is 0 Å². The monoisotopic (exact) mass is 357 g/mol. The second-order valence-corrected chi connectivity index (χ2v) is 6.73. The minimum Gasteiger partial charge on any atom is -0.369 e. The molecular formula is C17H20ClN7. The molecule has 130 valence electrons. The zero-order valence-electron chi connectivity index (χ0n) is 14.3. The predicted octanol–water partition coefficient (Wildman–Crippen LogP) is 2.81. The Morgan fingerprint density at radius 1 is 1.12 bits per heavy atom. The first-order chi connectivity index (χ1) is 12.1. The van der Waals surface area contributed by atoms with E-state index in [4.69, 9.17) is 11.6 Å². The molecule has 3 heterocycles. The Balaban J connectivity index is 1.68. The molecule has 0 spiro atoms.